The maximum atomic E-state index is 13.2. The standard InChI is InChI=1S/C22H21FN6O2S/c1-15-2-8-18(9-3-15)29-21(28-10-12-30-13-11-28)25-26-22(29)32-14-19-24-20(27-31-19)16-4-6-17(23)7-5-16/h2-9H,10-14H2,1H3. The third kappa shape index (κ3) is 4.37. The summed E-state index contributed by atoms with van der Waals surface area (Å²) in [5.41, 5.74) is 2.87. The largest absolute Gasteiger partial charge is 0.378 e. The summed E-state index contributed by atoms with van der Waals surface area (Å²) < 4.78 is 26.1. The molecule has 0 amide bonds. The lowest BCUT2D eigenvalue weighted by atomic mass is 10.2. The summed E-state index contributed by atoms with van der Waals surface area (Å²) in [7, 11) is 0. The maximum absolute atomic E-state index is 13.2. The Labute approximate surface area is 188 Å². The molecule has 0 spiro atoms. The minimum absolute atomic E-state index is 0.306. The first kappa shape index (κ1) is 20.7. The maximum Gasteiger partial charge on any atom is 0.237 e. The summed E-state index contributed by atoms with van der Waals surface area (Å²) in [6.45, 7) is 4.91. The van der Waals surface area contributed by atoms with Crippen LogP contribution in [-0.2, 0) is 10.5 Å². The zero-order chi connectivity index (χ0) is 21.9. The summed E-state index contributed by atoms with van der Waals surface area (Å²) >= 11 is 1.47. The van der Waals surface area contributed by atoms with E-state index in [0.717, 1.165) is 29.9 Å². The molecule has 1 fully saturated rings. The Morgan fingerprint density at radius 1 is 1.00 bits per heavy atom. The number of hydrogen-bond donors (Lipinski definition) is 0. The number of benzene rings is 2. The fourth-order valence-electron chi connectivity index (χ4n) is 3.40. The highest BCUT2D eigenvalue weighted by molar-refractivity contribution is 7.98. The van der Waals surface area contributed by atoms with Gasteiger partial charge in [-0.1, -0.05) is 34.6 Å². The fraction of sp³-hybridized carbons (Fsp3) is 0.273. The van der Waals surface area contributed by atoms with Crippen molar-refractivity contribution in [1.29, 1.82) is 0 Å². The molecular weight excluding hydrogens is 431 g/mol. The van der Waals surface area contributed by atoms with Crippen LogP contribution in [0.25, 0.3) is 17.1 Å². The third-order valence-corrected chi connectivity index (χ3v) is 6.01. The van der Waals surface area contributed by atoms with Crippen LogP contribution in [-0.4, -0.2) is 51.2 Å². The molecular formula is C22H21FN6O2S. The Hall–Kier alpha value is -3.24. The van der Waals surface area contributed by atoms with E-state index in [1.54, 1.807) is 12.1 Å². The number of hydrogen-bond acceptors (Lipinski definition) is 8. The van der Waals surface area contributed by atoms with Gasteiger partial charge in [-0.05, 0) is 43.3 Å². The lowest BCUT2D eigenvalue weighted by molar-refractivity contribution is 0.122. The van der Waals surface area contributed by atoms with Crippen molar-refractivity contribution in [3.05, 3.63) is 65.8 Å². The molecule has 5 rings (SSSR count). The van der Waals surface area contributed by atoms with Gasteiger partial charge in [0.1, 0.15) is 5.82 Å². The molecule has 0 radical (unpaired) electrons. The lowest BCUT2D eigenvalue weighted by Gasteiger charge is -2.27. The Kier molecular flexibility index (Phi) is 5.87. The minimum Gasteiger partial charge on any atom is -0.378 e. The molecule has 32 heavy (non-hydrogen) atoms. The van der Waals surface area contributed by atoms with Gasteiger partial charge in [0.25, 0.3) is 0 Å². The van der Waals surface area contributed by atoms with Crippen molar-refractivity contribution >= 4 is 17.7 Å². The quantitative estimate of drug-likeness (QED) is 0.408. The lowest BCUT2D eigenvalue weighted by Crippen LogP contribution is -2.37. The van der Waals surface area contributed by atoms with Gasteiger partial charge in [0.2, 0.25) is 17.7 Å². The smallest absolute Gasteiger partial charge is 0.237 e. The highest BCUT2D eigenvalue weighted by Gasteiger charge is 2.22. The topological polar surface area (TPSA) is 82.1 Å². The molecule has 2 aromatic carbocycles. The predicted molar refractivity (Wildman–Crippen MR) is 118 cm³/mol. The van der Waals surface area contributed by atoms with Crippen LogP contribution in [0.4, 0.5) is 10.3 Å². The number of morpholine rings is 1. The van der Waals surface area contributed by atoms with E-state index >= 15 is 0 Å². The van der Waals surface area contributed by atoms with E-state index < -0.39 is 0 Å². The van der Waals surface area contributed by atoms with Crippen molar-refractivity contribution in [2.45, 2.75) is 17.8 Å². The van der Waals surface area contributed by atoms with Crippen LogP contribution in [0.5, 0.6) is 0 Å². The first-order chi connectivity index (χ1) is 15.7. The first-order valence-electron chi connectivity index (χ1n) is 10.2. The Balaban J connectivity index is 1.39. The minimum atomic E-state index is -0.306. The van der Waals surface area contributed by atoms with Gasteiger partial charge < -0.3 is 14.2 Å². The number of thioether (sulfide) groups is 1. The normalized spacial score (nSPS) is 14.1. The molecule has 0 atom stereocenters. The predicted octanol–water partition coefficient (Wildman–Crippen LogP) is 3.89. The average Bonchev–Trinajstić information content (AvgIpc) is 3.47. The summed E-state index contributed by atoms with van der Waals surface area (Å²) in [6.07, 6.45) is 0. The fourth-order valence-corrected chi connectivity index (χ4v) is 4.18. The number of aryl methyl sites for hydroxylation is 1. The van der Waals surface area contributed by atoms with Crippen LogP contribution in [0.15, 0.2) is 58.2 Å². The summed E-state index contributed by atoms with van der Waals surface area (Å²) in [4.78, 5) is 6.61. The van der Waals surface area contributed by atoms with Crippen LogP contribution < -0.4 is 4.90 Å². The Bertz CT molecular complexity index is 1190. The van der Waals surface area contributed by atoms with Crippen molar-refractivity contribution in [2.75, 3.05) is 31.2 Å². The molecule has 0 bridgehead atoms. The molecule has 10 heteroatoms. The second-order valence-electron chi connectivity index (χ2n) is 7.36. The van der Waals surface area contributed by atoms with Crippen LogP contribution >= 0.6 is 11.8 Å². The molecule has 1 aliphatic heterocycles. The van der Waals surface area contributed by atoms with Gasteiger partial charge in [0.15, 0.2) is 5.16 Å². The summed E-state index contributed by atoms with van der Waals surface area (Å²) in [6, 6.07) is 14.3. The summed E-state index contributed by atoms with van der Waals surface area (Å²) in [5, 5.41) is 13.7. The second kappa shape index (κ2) is 9.09. The molecule has 0 saturated carbocycles. The Morgan fingerprint density at radius 2 is 1.75 bits per heavy atom. The van der Waals surface area contributed by atoms with Gasteiger partial charge in [-0.2, -0.15) is 4.98 Å². The highest BCUT2D eigenvalue weighted by atomic mass is 32.2. The van der Waals surface area contributed by atoms with E-state index in [2.05, 4.69) is 56.4 Å². The van der Waals surface area contributed by atoms with Gasteiger partial charge in [0.05, 0.1) is 24.7 Å². The van der Waals surface area contributed by atoms with Gasteiger partial charge in [0, 0.05) is 18.7 Å². The van der Waals surface area contributed by atoms with Crippen molar-refractivity contribution in [1.82, 2.24) is 24.9 Å². The van der Waals surface area contributed by atoms with Crippen molar-refractivity contribution in [3.8, 4) is 17.1 Å². The monoisotopic (exact) mass is 452 g/mol. The number of aromatic nitrogens is 5. The Morgan fingerprint density at radius 3 is 2.50 bits per heavy atom. The molecule has 8 nitrogen and oxygen atoms in total. The second-order valence-corrected chi connectivity index (χ2v) is 8.30. The molecule has 1 aliphatic rings. The molecule has 2 aromatic heterocycles. The average molecular weight is 453 g/mol. The van der Waals surface area contributed by atoms with Crippen molar-refractivity contribution in [3.63, 3.8) is 0 Å². The SMILES string of the molecule is Cc1ccc(-n2c(SCc3nc(-c4ccc(F)cc4)no3)nnc2N2CCOCC2)cc1. The molecule has 0 aliphatic carbocycles. The van der Waals surface area contributed by atoms with Crippen LogP contribution in [0.1, 0.15) is 11.5 Å². The van der Waals surface area contributed by atoms with Crippen LogP contribution in [0.2, 0.25) is 0 Å². The van der Waals surface area contributed by atoms with Gasteiger partial charge in [-0.3, -0.25) is 4.57 Å². The molecule has 0 N–H and O–H groups in total. The van der Waals surface area contributed by atoms with Gasteiger partial charge in [-0.15, -0.1) is 10.2 Å². The summed E-state index contributed by atoms with van der Waals surface area (Å²) in [5.74, 6) is 1.80. The molecule has 3 heterocycles. The van der Waals surface area contributed by atoms with E-state index in [4.69, 9.17) is 9.26 Å². The molecule has 4 aromatic rings. The van der Waals surface area contributed by atoms with Crippen LogP contribution in [0.3, 0.4) is 0 Å². The molecule has 1 saturated heterocycles. The van der Waals surface area contributed by atoms with Crippen LogP contribution in [0, 0.1) is 12.7 Å². The zero-order valence-corrected chi connectivity index (χ0v) is 18.3. The van der Waals surface area contributed by atoms with Crippen molar-refractivity contribution < 1.29 is 13.7 Å². The van der Waals surface area contributed by atoms with E-state index in [1.165, 1.54) is 29.5 Å². The molecule has 164 valence electrons. The third-order valence-electron chi connectivity index (χ3n) is 5.10. The number of halogens is 1. The van der Waals surface area contributed by atoms with E-state index in [9.17, 15) is 4.39 Å². The van der Waals surface area contributed by atoms with Gasteiger partial charge in [-0.25, -0.2) is 4.39 Å². The van der Waals surface area contributed by atoms with E-state index in [1.807, 2.05) is 4.57 Å². The van der Waals surface area contributed by atoms with Gasteiger partial charge >= 0.3 is 0 Å². The zero-order valence-electron chi connectivity index (χ0n) is 17.4. The number of ether oxygens (including phenoxy) is 1. The van der Waals surface area contributed by atoms with E-state index in [-0.39, 0.29) is 5.82 Å². The highest BCUT2D eigenvalue weighted by Crippen LogP contribution is 2.29. The van der Waals surface area contributed by atoms with E-state index in [0.29, 0.717) is 36.2 Å². The number of rotatable bonds is 6. The number of nitrogens with zero attached hydrogens (tertiary/aromatic N) is 6. The number of anilines is 1. The first-order valence-corrected chi connectivity index (χ1v) is 11.2. The molecule has 0 unspecified atom stereocenters. The van der Waals surface area contributed by atoms with Crippen molar-refractivity contribution in [2.24, 2.45) is 0 Å².